The minimum absolute atomic E-state index is 0.00596. The monoisotopic (exact) mass is 385 g/mol. The van der Waals surface area contributed by atoms with E-state index in [1.165, 1.54) is 5.56 Å². The molecule has 0 bridgehead atoms. The molecule has 1 N–H and O–H groups in total. The highest BCUT2D eigenvalue weighted by Crippen LogP contribution is 2.41. The summed E-state index contributed by atoms with van der Waals surface area (Å²) in [6.45, 7) is 4.59. The molecule has 0 aromatic heterocycles. The van der Waals surface area contributed by atoms with E-state index >= 15 is 0 Å². The molecule has 2 heterocycles. The summed E-state index contributed by atoms with van der Waals surface area (Å²) >= 11 is 0. The van der Waals surface area contributed by atoms with Gasteiger partial charge in [-0.05, 0) is 44.2 Å². The van der Waals surface area contributed by atoms with Crippen LogP contribution in [0.2, 0.25) is 0 Å². The molecule has 1 unspecified atom stereocenters. The van der Waals surface area contributed by atoms with E-state index in [-0.39, 0.29) is 23.3 Å². The summed E-state index contributed by atoms with van der Waals surface area (Å²) in [4.78, 5) is 29.7. The zero-order valence-corrected chi connectivity index (χ0v) is 16.6. The predicted molar refractivity (Wildman–Crippen MR) is 107 cm³/mol. The Bertz CT molecular complexity index is 684. The van der Waals surface area contributed by atoms with Crippen LogP contribution in [0.4, 0.5) is 0 Å². The van der Waals surface area contributed by atoms with Gasteiger partial charge in [0.1, 0.15) is 0 Å². The molecule has 6 nitrogen and oxygen atoms in total. The van der Waals surface area contributed by atoms with Crippen molar-refractivity contribution in [2.75, 3.05) is 45.9 Å². The van der Waals surface area contributed by atoms with Gasteiger partial charge >= 0.3 is 0 Å². The highest BCUT2D eigenvalue weighted by Gasteiger charge is 2.40. The van der Waals surface area contributed by atoms with Gasteiger partial charge in [0.15, 0.2) is 0 Å². The first kappa shape index (κ1) is 19.4. The molecule has 2 amide bonds. The fourth-order valence-electron chi connectivity index (χ4n) is 4.73. The Labute approximate surface area is 167 Å². The largest absolute Gasteiger partial charge is 0.378 e. The van der Waals surface area contributed by atoms with E-state index < -0.39 is 0 Å². The molecule has 2 saturated heterocycles. The molecule has 3 aliphatic rings. The van der Waals surface area contributed by atoms with Gasteiger partial charge in [0.05, 0.1) is 31.2 Å². The fourth-order valence-corrected chi connectivity index (χ4v) is 4.73. The maximum atomic E-state index is 12.8. The molecule has 4 rings (SSSR count). The number of ether oxygens (including phenoxy) is 1. The van der Waals surface area contributed by atoms with Crippen LogP contribution in [-0.2, 0) is 19.9 Å². The number of nitrogens with zero attached hydrogens (tertiary/aromatic N) is 2. The van der Waals surface area contributed by atoms with Crippen molar-refractivity contribution in [3.8, 4) is 0 Å². The highest BCUT2D eigenvalue weighted by molar-refractivity contribution is 5.81. The van der Waals surface area contributed by atoms with Gasteiger partial charge < -0.3 is 15.0 Å². The maximum absolute atomic E-state index is 12.8. The average molecular weight is 386 g/mol. The van der Waals surface area contributed by atoms with E-state index in [4.69, 9.17) is 4.74 Å². The minimum Gasteiger partial charge on any atom is -0.378 e. The van der Waals surface area contributed by atoms with Crippen molar-refractivity contribution in [2.24, 2.45) is 5.92 Å². The third-order valence-electron chi connectivity index (χ3n) is 6.46. The average Bonchev–Trinajstić information content (AvgIpc) is 2.71. The Morgan fingerprint density at radius 3 is 2.50 bits per heavy atom. The predicted octanol–water partition coefficient (Wildman–Crippen LogP) is 1.75. The van der Waals surface area contributed by atoms with Crippen LogP contribution < -0.4 is 5.32 Å². The van der Waals surface area contributed by atoms with Crippen molar-refractivity contribution in [2.45, 2.75) is 37.6 Å². The van der Waals surface area contributed by atoms with E-state index in [2.05, 4.69) is 22.3 Å². The summed E-state index contributed by atoms with van der Waals surface area (Å²) in [7, 11) is 0. The van der Waals surface area contributed by atoms with Crippen molar-refractivity contribution >= 4 is 11.8 Å². The smallest absolute Gasteiger partial charge is 0.234 e. The molecule has 2 aliphatic heterocycles. The Morgan fingerprint density at radius 1 is 1.07 bits per heavy atom. The van der Waals surface area contributed by atoms with Gasteiger partial charge in [-0.2, -0.15) is 0 Å². The Kier molecular flexibility index (Phi) is 5.97. The number of hydrogen-bond acceptors (Lipinski definition) is 4. The lowest BCUT2D eigenvalue weighted by Crippen LogP contribution is -2.54. The van der Waals surface area contributed by atoms with Crippen molar-refractivity contribution < 1.29 is 14.3 Å². The number of carbonyl (C=O) groups is 2. The normalized spacial score (nSPS) is 25.0. The standard InChI is InChI=1S/C22H31N3O3/c26-20(23-22(9-5-10-22)19-7-2-1-3-8-19)17-24-11-4-6-18(16-24)21(27)25-12-14-28-15-13-25/h1-3,7-8,18H,4-6,9-17H2,(H,23,26). The zero-order valence-electron chi connectivity index (χ0n) is 16.6. The molecule has 1 aromatic carbocycles. The molecule has 152 valence electrons. The van der Waals surface area contributed by atoms with Crippen LogP contribution in [0.5, 0.6) is 0 Å². The molecular formula is C22H31N3O3. The van der Waals surface area contributed by atoms with E-state index in [0.29, 0.717) is 39.4 Å². The lowest BCUT2D eigenvalue weighted by atomic mass is 9.72. The lowest BCUT2D eigenvalue weighted by molar-refractivity contribution is -0.142. The summed E-state index contributed by atoms with van der Waals surface area (Å²) in [5.41, 5.74) is 1.01. The Morgan fingerprint density at radius 2 is 1.82 bits per heavy atom. The summed E-state index contributed by atoms with van der Waals surface area (Å²) in [6.07, 6.45) is 5.04. The number of hydrogen-bond donors (Lipinski definition) is 1. The topological polar surface area (TPSA) is 61.9 Å². The number of rotatable bonds is 5. The first-order valence-electron chi connectivity index (χ1n) is 10.6. The van der Waals surface area contributed by atoms with Crippen LogP contribution in [0, 0.1) is 5.92 Å². The number of morpholine rings is 1. The van der Waals surface area contributed by atoms with Gasteiger partial charge in [0, 0.05) is 19.6 Å². The third kappa shape index (κ3) is 4.23. The quantitative estimate of drug-likeness (QED) is 0.839. The van der Waals surface area contributed by atoms with E-state index in [0.717, 1.165) is 38.6 Å². The number of likely N-dealkylation sites (tertiary alicyclic amines) is 1. The van der Waals surface area contributed by atoms with Crippen molar-refractivity contribution in [1.82, 2.24) is 15.1 Å². The molecule has 1 saturated carbocycles. The summed E-state index contributed by atoms with van der Waals surface area (Å²) in [5.74, 6) is 0.308. The molecule has 3 fully saturated rings. The number of piperidine rings is 1. The third-order valence-corrected chi connectivity index (χ3v) is 6.46. The lowest BCUT2D eigenvalue weighted by Gasteiger charge is -2.44. The molecule has 1 aromatic rings. The Balaban J connectivity index is 1.32. The van der Waals surface area contributed by atoms with E-state index in [9.17, 15) is 9.59 Å². The van der Waals surface area contributed by atoms with Gasteiger partial charge in [0.2, 0.25) is 11.8 Å². The minimum atomic E-state index is -0.197. The van der Waals surface area contributed by atoms with Crippen LogP contribution in [-0.4, -0.2) is 67.6 Å². The second-order valence-electron chi connectivity index (χ2n) is 8.36. The molecule has 1 atom stereocenters. The molecular weight excluding hydrogens is 354 g/mol. The van der Waals surface area contributed by atoms with Gasteiger partial charge in [-0.15, -0.1) is 0 Å². The molecule has 28 heavy (non-hydrogen) atoms. The second kappa shape index (κ2) is 8.62. The van der Waals surface area contributed by atoms with Crippen molar-refractivity contribution in [3.05, 3.63) is 35.9 Å². The summed E-state index contributed by atoms with van der Waals surface area (Å²) in [5, 5.41) is 3.31. The fraction of sp³-hybridized carbons (Fsp3) is 0.636. The maximum Gasteiger partial charge on any atom is 0.234 e. The van der Waals surface area contributed by atoms with Crippen LogP contribution >= 0.6 is 0 Å². The Hall–Kier alpha value is -1.92. The summed E-state index contributed by atoms with van der Waals surface area (Å²) < 4.78 is 5.35. The van der Waals surface area contributed by atoms with Crippen molar-refractivity contribution in [3.63, 3.8) is 0 Å². The second-order valence-corrected chi connectivity index (χ2v) is 8.36. The number of amides is 2. The number of nitrogens with one attached hydrogen (secondary N) is 1. The first-order valence-corrected chi connectivity index (χ1v) is 10.6. The molecule has 1 aliphatic carbocycles. The van der Waals surface area contributed by atoms with Gasteiger partial charge in [-0.1, -0.05) is 30.3 Å². The van der Waals surface area contributed by atoms with Crippen molar-refractivity contribution in [1.29, 1.82) is 0 Å². The molecule has 0 radical (unpaired) electrons. The van der Waals surface area contributed by atoms with Gasteiger partial charge in [-0.3, -0.25) is 14.5 Å². The first-order chi connectivity index (χ1) is 13.7. The number of carbonyl (C=O) groups excluding carboxylic acids is 2. The highest BCUT2D eigenvalue weighted by atomic mass is 16.5. The number of benzene rings is 1. The van der Waals surface area contributed by atoms with Crippen LogP contribution in [0.3, 0.4) is 0 Å². The van der Waals surface area contributed by atoms with Gasteiger partial charge in [0.25, 0.3) is 0 Å². The molecule has 6 heteroatoms. The van der Waals surface area contributed by atoms with E-state index in [1.807, 2.05) is 23.1 Å². The van der Waals surface area contributed by atoms with Crippen LogP contribution in [0.25, 0.3) is 0 Å². The van der Waals surface area contributed by atoms with Crippen LogP contribution in [0.15, 0.2) is 30.3 Å². The van der Waals surface area contributed by atoms with Crippen LogP contribution in [0.1, 0.15) is 37.7 Å². The van der Waals surface area contributed by atoms with E-state index in [1.54, 1.807) is 0 Å². The SMILES string of the molecule is O=C(CN1CCCC(C(=O)N2CCOCC2)C1)NC1(c2ccccc2)CCC1. The zero-order chi connectivity index (χ0) is 19.4. The molecule has 0 spiro atoms. The van der Waals surface area contributed by atoms with Gasteiger partial charge in [-0.25, -0.2) is 0 Å². The summed E-state index contributed by atoms with van der Waals surface area (Å²) in [6, 6.07) is 10.3.